The summed E-state index contributed by atoms with van der Waals surface area (Å²) in [5.74, 6) is 0. The highest BCUT2D eigenvalue weighted by molar-refractivity contribution is 7.12. The number of benzene rings is 1. The van der Waals surface area contributed by atoms with E-state index in [9.17, 15) is 0 Å². The van der Waals surface area contributed by atoms with Gasteiger partial charge < -0.3 is 5.32 Å². The molecule has 1 atom stereocenters. The largest absolute Gasteiger partial charge is 0.312 e. The fourth-order valence-electron chi connectivity index (χ4n) is 2.19. The van der Waals surface area contributed by atoms with E-state index >= 15 is 0 Å². The summed E-state index contributed by atoms with van der Waals surface area (Å²) in [6, 6.07) is 13.0. The molecule has 1 aromatic heterocycles. The highest BCUT2D eigenvalue weighted by atomic mass is 35.5. The minimum Gasteiger partial charge on any atom is -0.312 e. The van der Waals surface area contributed by atoms with E-state index in [1.807, 2.05) is 36.6 Å². The van der Waals surface area contributed by atoms with E-state index in [4.69, 9.17) is 11.6 Å². The van der Waals surface area contributed by atoms with E-state index in [0.717, 1.165) is 11.4 Å². The third-order valence-electron chi connectivity index (χ3n) is 3.39. The molecule has 0 saturated carbocycles. The number of rotatable bonds is 4. The molecule has 0 fully saturated rings. The zero-order valence-electron chi connectivity index (χ0n) is 12.5. The highest BCUT2D eigenvalue weighted by Crippen LogP contribution is 2.33. The average Bonchev–Trinajstić information content (AvgIpc) is 2.85. The van der Waals surface area contributed by atoms with Gasteiger partial charge in [-0.15, -0.1) is 11.3 Å². The average molecular weight is 308 g/mol. The molecule has 0 saturated heterocycles. The number of hydrogen-bond acceptors (Lipinski definition) is 2. The second-order valence-electron chi connectivity index (χ2n) is 6.13. The molecule has 1 nitrogen and oxygen atoms in total. The summed E-state index contributed by atoms with van der Waals surface area (Å²) in [4.78, 5) is 2.82. The first-order chi connectivity index (χ1) is 9.40. The predicted molar refractivity (Wildman–Crippen MR) is 90.0 cm³/mol. The zero-order chi connectivity index (χ0) is 14.8. The van der Waals surface area contributed by atoms with E-state index in [2.05, 4.69) is 44.3 Å². The van der Waals surface area contributed by atoms with Gasteiger partial charge in [-0.25, -0.2) is 0 Å². The van der Waals surface area contributed by atoms with Gasteiger partial charge >= 0.3 is 0 Å². The lowest BCUT2D eigenvalue weighted by molar-refractivity contribution is 0.601. The van der Waals surface area contributed by atoms with E-state index in [0.29, 0.717) is 6.04 Å². The Hall–Kier alpha value is -0.830. The monoisotopic (exact) mass is 307 g/mol. The van der Waals surface area contributed by atoms with Crippen LogP contribution < -0.4 is 5.32 Å². The van der Waals surface area contributed by atoms with Crippen molar-refractivity contribution in [3.8, 4) is 0 Å². The van der Waals surface area contributed by atoms with Crippen LogP contribution in [-0.2, 0) is 11.8 Å². The van der Waals surface area contributed by atoms with Crippen LogP contribution in [0.1, 0.15) is 42.1 Å². The van der Waals surface area contributed by atoms with E-state index < -0.39 is 0 Å². The maximum absolute atomic E-state index is 6.06. The quantitative estimate of drug-likeness (QED) is 0.818. The van der Waals surface area contributed by atoms with Crippen molar-refractivity contribution in [2.75, 3.05) is 7.05 Å². The van der Waals surface area contributed by atoms with Crippen molar-refractivity contribution in [1.82, 2.24) is 5.32 Å². The van der Waals surface area contributed by atoms with E-state index in [1.54, 1.807) is 0 Å². The Bertz CT molecular complexity index is 568. The molecule has 3 heteroatoms. The smallest absolute Gasteiger partial charge is 0.0453 e. The summed E-state index contributed by atoms with van der Waals surface area (Å²) in [5, 5.41) is 4.22. The van der Waals surface area contributed by atoms with Crippen LogP contribution >= 0.6 is 22.9 Å². The van der Waals surface area contributed by atoms with Gasteiger partial charge in [-0.2, -0.15) is 0 Å². The van der Waals surface area contributed by atoms with Gasteiger partial charge in [0.15, 0.2) is 0 Å². The van der Waals surface area contributed by atoms with Gasteiger partial charge in [0.25, 0.3) is 0 Å². The van der Waals surface area contributed by atoms with E-state index in [-0.39, 0.29) is 5.41 Å². The van der Waals surface area contributed by atoms with Crippen LogP contribution in [0.4, 0.5) is 0 Å². The van der Waals surface area contributed by atoms with Crippen LogP contribution in [0.25, 0.3) is 0 Å². The minimum atomic E-state index is 0.220. The van der Waals surface area contributed by atoms with Gasteiger partial charge in [-0.05, 0) is 48.7 Å². The first kappa shape index (κ1) is 15.6. The van der Waals surface area contributed by atoms with Gasteiger partial charge in [0.1, 0.15) is 0 Å². The first-order valence-electron chi connectivity index (χ1n) is 6.92. The summed E-state index contributed by atoms with van der Waals surface area (Å²) < 4.78 is 0. The van der Waals surface area contributed by atoms with Crippen molar-refractivity contribution in [3.63, 3.8) is 0 Å². The summed E-state index contributed by atoms with van der Waals surface area (Å²) in [5.41, 5.74) is 1.49. The maximum Gasteiger partial charge on any atom is 0.0453 e. The molecule has 0 aliphatic heterocycles. The molecule has 2 aromatic rings. The number of thiophene rings is 1. The summed E-state index contributed by atoms with van der Waals surface area (Å²) >= 11 is 7.96. The summed E-state index contributed by atoms with van der Waals surface area (Å²) in [7, 11) is 2.02. The van der Waals surface area contributed by atoms with Crippen LogP contribution in [0.15, 0.2) is 36.4 Å². The topological polar surface area (TPSA) is 12.0 Å². The maximum atomic E-state index is 6.06. The Morgan fingerprint density at radius 1 is 1.20 bits per heavy atom. The lowest BCUT2D eigenvalue weighted by Crippen LogP contribution is -2.17. The Morgan fingerprint density at radius 3 is 2.50 bits per heavy atom. The normalized spacial score (nSPS) is 13.4. The molecule has 20 heavy (non-hydrogen) atoms. The second-order valence-corrected chi connectivity index (χ2v) is 7.68. The summed E-state index contributed by atoms with van der Waals surface area (Å²) in [6.07, 6.45) is 0.959. The highest BCUT2D eigenvalue weighted by Gasteiger charge is 2.19. The SMILES string of the molecule is CNC(Cc1cccc(Cl)c1)c1ccc(C(C)(C)C)s1. The number of likely N-dealkylation sites (N-methyl/N-ethyl adjacent to an activating group) is 1. The molecule has 0 aliphatic rings. The van der Waals surface area contributed by atoms with Crippen molar-refractivity contribution in [3.05, 3.63) is 56.7 Å². The molecular weight excluding hydrogens is 286 g/mol. The molecule has 0 radical (unpaired) electrons. The molecule has 0 aliphatic carbocycles. The molecule has 0 amide bonds. The lowest BCUT2D eigenvalue weighted by atomic mass is 9.95. The van der Waals surface area contributed by atoms with Gasteiger partial charge in [-0.1, -0.05) is 44.5 Å². The molecule has 1 N–H and O–H groups in total. The Kier molecular flexibility index (Phi) is 4.90. The van der Waals surface area contributed by atoms with Crippen molar-refractivity contribution < 1.29 is 0 Å². The van der Waals surface area contributed by atoms with Crippen LogP contribution in [0.5, 0.6) is 0 Å². The fraction of sp³-hybridized carbons (Fsp3) is 0.412. The van der Waals surface area contributed by atoms with Crippen molar-refractivity contribution in [1.29, 1.82) is 0 Å². The molecule has 108 valence electrons. The van der Waals surface area contributed by atoms with Crippen molar-refractivity contribution in [2.45, 2.75) is 38.6 Å². The second kappa shape index (κ2) is 6.30. The molecule has 1 heterocycles. The predicted octanol–water partition coefficient (Wildman–Crippen LogP) is 5.20. The van der Waals surface area contributed by atoms with Crippen LogP contribution in [-0.4, -0.2) is 7.05 Å². The van der Waals surface area contributed by atoms with Gasteiger partial charge in [0.2, 0.25) is 0 Å². The minimum absolute atomic E-state index is 0.220. The first-order valence-corrected chi connectivity index (χ1v) is 8.11. The number of hydrogen-bond donors (Lipinski definition) is 1. The number of halogens is 1. The van der Waals surface area contributed by atoms with Crippen molar-refractivity contribution in [2.24, 2.45) is 0 Å². The lowest BCUT2D eigenvalue weighted by Gasteiger charge is -2.17. The molecule has 0 bridgehead atoms. The van der Waals surface area contributed by atoms with Gasteiger partial charge in [0.05, 0.1) is 0 Å². The van der Waals surface area contributed by atoms with Gasteiger partial charge in [-0.3, -0.25) is 0 Å². The molecule has 1 unspecified atom stereocenters. The Balaban J connectivity index is 2.18. The van der Waals surface area contributed by atoms with Crippen molar-refractivity contribution >= 4 is 22.9 Å². The molecule has 0 spiro atoms. The Morgan fingerprint density at radius 2 is 1.95 bits per heavy atom. The third kappa shape index (κ3) is 3.85. The third-order valence-corrected chi connectivity index (χ3v) is 5.25. The zero-order valence-corrected chi connectivity index (χ0v) is 14.1. The number of nitrogens with one attached hydrogen (secondary N) is 1. The standard InChI is InChI=1S/C17H22ClNS/c1-17(2,3)16-9-8-15(20-16)14(19-4)11-12-6-5-7-13(18)10-12/h5-10,14,19H,11H2,1-4H3. The summed E-state index contributed by atoms with van der Waals surface area (Å²) in [6.45, 7) is 6.77. The van der Waals surface area contributed by atoms with Crippen LogP contribution in [0.3, 0.4) is 0 Å². The van der Waals surface area contributed by atoms with Crippen LogP contribution in [0, 0.1) is 0 Å². The van der Waals surface area contributed by atoms with E-state index in [1.165, 1.54) is 15.3 Å². The van der Waals surface area contributed by atoms with Gasteiger partial charge in [0, 0.05) is 20.8 Å². The molecular formula is C17H22ClNS. The molecule has 1 aromatic carbocycles. The Labute approximate surface area is 131 Å². The van der Waals surface area contributed by atoms with Crippen LogP contribution in [0.2, 0.25) is 5.02 Å². The molecule has 2 rings (SSSR count). The fourth-order valence-corrected chi connectivity index (χ4v) is 3.58.